The third-order valence-corrected chi connectivity index (χ3v) is 4.03. The van der Waals surface area contributed by atoms with Crippen molar-refractivity contribution in [2.45, 2.75) is 13.2 Å². The highest BCUT2D eigenvalue weighted by Crippen LogP contribution is 2.25. The molecule has 0 saturated carbocycles. The van der Waals surface area contributed by atoms with Gasteiger partial charge in [-0.25, -0.2) is 18.0 Å². The van der Waals surface area contributed by atoms with Crippen molar-refractivity contribution < 1.29 is 22.6 Å². The van der Waals surface area contributed by atoms with E-state index in [-0.39, 0.29) is 47.1 Å². The Bertz CT molecular complexity index is 1050. The second kappa shape index (κ2) is 8.81. The van der Waals surface area contributed by atoms with Gasteiger partial charge in [0.05, 0.1) is 18.2 Å². The van der Waals surface area contributed by atoms with E-state index in [1.54, 1.807) is 6.07 Å². The van der Waals surface area contributed by atoms with Crippen molar-refractivity contribution in [2.75, 3.05) is 0 Å². The van der Waals surface area contributed by atoms with Gasteiger partial charge in [0.2, 0.25) is 0 Å². The van der Waals surface area contributed by atoms with E-state index >= 15 is 0 Å². The first kappa shape index (κ1) is 19.8. The van der Waals surface area contributed by atoms with Crippen LogP contribution in [0.25, 0.3) is 4.85 Å². The van der Waals surface area contributed by atoms with Gasteiger partial charge in [-0.2, -0.15) is 5.26 Å². The predicted molar refractivity (Wildman–Crippen MR) is 98.8 cm³/mol. The van der Waals surface area contributed by atoms with Crippen LogP contribution in [0.15, 0.2) is 54.6 Å². The summed E-state index contributed by atoms with van der Waals surface area (Å²) in [6.07, 6.45) is 0. The molecule has 29 heavy (non-hydrogen) atoms. The highest BCUT2D eigenvalue weighted by molar-refractivity contribution is 5.48. The highest BCUT2D eigenvalue weighted by atomic mass is 19.1. The molecule has 4 nitrogen and oxygen atoms in total. The van der Waals surface area contributed by atoms with E-state index in [9.17, 15) is 13.2 Å². The number of hydrogen-bond donors (Lipinski definition) is 0. The van der Waals surface area contributed by atoms with Crippen LogP contribution in [0, 0.1) is 35.4 Å². The quantitative estimate of drug-likeness (QED) is 0.505. The SMILES string of the molecule is [C-]#[N+]c1ccc(OCc2cccc(COc3ccc(C#N)cc3F)c2F)c(F)c1. The van der Waals surface area contributed by atoms with Crippen LogP contribution in [0.5, 0.6) is 11.5 Å². The first-order valence-electron chi connectivity index (χ1n) is 8.40. The molecular weight excluding hydrogens is 381 g/mol. The molecule has 0 atom stereocenters. The van der Waals surface area contributed by atoms with Crippen LogP contribution < -0.4 is 9.47 Å². The zero-order valence-electron chi connectivity index (χ0n) is 15.0. The maximum Gasteiger partial charge on any atom is 0.190 e. The highest BCUT2D eigenvalue weighted by Gasteiger charge is 2.12. The lowest BCUT2D eigenvalue weighted by atomic mass is 10.1. The van der Waals surface area contributed by atoms with Crippen LogP contribution in [0.1, 0.15) is 16.7 Å². The Morgan fingerprint density at radius 3 is 1.97 bits per heavy atom. The average molecular weight is 394 g/mol. The zero-order valence-corrected chi connectivity index (χ0v) is 15.0. The lowest BCUT2D eigenvalue weighted by molar-refractivity contribution is 0.274. The summed E-state index contributed by atoms with van der Waals surface area (Å²) in [5.74, 6) is -2.25. The van der Waals surface area contributed by atoms with E-state index in [0.29, 0.717) is 0 Å². The summed E-state index contributed by atoms with van der Waals surface area (Å²) in [4.78, 5) is 3.12. The monoisotopic (exact) mass is 394 g/mol. The number of nitriles is 1. The van der Waals surface area contributed by atoms with E-state index < -0.39 is 17.5 Å². The summed E-state index contributed by atoms with van der Waals surface area (Å²) in [7, 11) is 0. The minimum absolute atomic E-state index is 0.0990. The third-order valence-electron chi connectivity index (χ3n) is 4.03. The molecule has 0 heterocycles. The lowest BCUT2D eigenvalue weighted by Crippen LogP contribution is -2.05. The number of halogens is 3. The van der Waals surface area contributed by atoms with Gasteiger partial charge in [0.25, 0.3) is 0 Å². The van der Waals surface area contributed by atoms with Crippen molar-refractivity contribution in [3.05, 3.63) is 100 Å². The van der Waals surface area contributed by atoms with Crippen LogP contribution in [-0.4, -0.2) is 0 Å². The topological polar surface area (TPSA) is 46.6 Å². The van der Waals surface area contributed by atoms with Crippen molar-refractivity contribution in [1.29, 1.82) is 5.26 Å². The molecule has 0 aliphatic rings. The van der Waals surface area contributed by atoms with Crippen molar-refractivity contribution >= 4 is 5.69 Å². The van der Waals surface area contributed by atoms with Gasteiger partial charge < -0.3 is 9.47 Å². The number of ether oxygens (including phenoxy) is 2. The Morgan fingerprint density at radius 2 is 1.45 bits per heavy atom. The minimum Gasteiger partial charge on any atom is -0.486 e. The smallest absolute Gasteiger partial charge is 0.190 e. The molecule has 0 N–H and O–H groups in total. The fourth-order valence-electron chi connectivity index (χ4n) is 2.53. The zero-order chi connectivity index (χ0) is 20.8. The van der Waals surface area contributed by atoms with E-state index in [4.69, 9.17) is 21.3 Å². The first-order chi connectivity index (χ1) is 14.0. The van der Waals surface area contributed by atoms with Crippen molar-refractivity contribution in [3.63, 3.8) is 0 Å². The number of hydrogen-bond acceptors (Lipinski definition) is 3. The third kappa shape index (κ3) is 4.66. The molecule has 7 heteroatoms. The van der Waals surface area contributed by atoms with Gasteiger partial charge in [-0.15, -0.1) is 0 Å². The fourth-order valence-corrected chi connectivity index (χ4v) is 2.53. The molecule has 144 valence electrons. The van der Waals surface area contributed by atoms with Gasteiger partial charge >= 0.3 is 0 Å². The predicted octanol–water partition coefficient (Wildman–Crippen LogP) is 5.68. The Kier molecular flexibility index (Phi) is 6.01. The second-order valence-corrected chi connectivity index (χ2v) is 5.95. The number of benzene rings is 3. The molecule has 0 fully saturated rings. The van der Waals surface area contributed by atoms with Gasteiger partial charge in [0.15, 0.2) is 28.8 Å². The summed E-state index contributed by atoms with van der Waals surface area (Å²) < 4.78 is 53.1. The maximum atomic E-state index is 14.7. The molecule has 0 spiro atoms. The van der Waals surface area contributed by atoms with Crippen molar-refractivity contribution in [3.8, 4) is 17.6 Å². The molecule has 3 aromatic carbocycles. The van der Waals surface area contributed by atoms with E-state index in [1.165, 1.54) is 36.4 Å². The molecule has 0 aliphatic carbocycles. The normalized spacial score (nSPS) is 10.1. The van der Waals surface area contributed by atoms with E-state index in [2.05, 4.69) is 4.85 Å². The Hall–Kier alpha value is -3.97. The fraction of sp³-hybridized carbons (Fsp3) is 0.0909. The van der Waals surface area contributed by atoms with Crippen molar-refractivity contribution in [1.82, 2.24) is 0 Å². The number of rotatable bonds is 6. The van der Waals surface area contributed by atoms with Crippen LogP contribution in [0.3, 0.4) is 0 Å². The summed E-state index contributed by atoms with van der Waals surface area (Å²) >= 11 is 0. The molecule has 0 aromatic heterocycles. The van der Waals surface area contributed by atoms with Gasteiger partial charge in [0, 0.05) is 11.1 Å². The molecule has 0 aliphatic heterocycles. The van der Waals surface area contributed by atoms with Crippen LogP contribution in [-0.2, 0) is 13.2 Å². The van der Waals surface area contributed by atoms with Gasteiger partial charge in [-0.1, -0.05) is 24.3 Å². The summed E-state index contributed by atoms with van der Waals surface area (Å²) in [5.41, 5.74) is 0.616. The summed E-state index contributed by atoms with van der Waals surface area (Å²) in [6.45, 7) is 6.38. The molecular formula is C22H13F3N2O2. The van der Waals surface area contributed by atoms with Gasteiger partial charge in [0.1, 0.15) is 19.0 Å². The van der Waals surface area contributed by atoms with Gasteiger partial charge in [-0.05, 0) is 30.3 Å². The van der Waals surface area contributed by atoms with Gasteiger partial charge in [-0.3, -0.25) is 0 Å². The van der Waals surface area contributed by atoms with E-state index in [1.807, 2.05) is 6.07 Å². The number of nitrogens with zero attached hydrogens (tertiary/aromatic N) is 2. The molecule has 0 saturated heterocycles. The van der Waals surface area contributed by atoms with E-state index in [0.717, 1.165) is 12.1 Å². The second-order valence-electron chi connectivity index (χ2n) is 5.95. The minimum atomic E-state index is -0.720. The average Bonchev–Trinajstić information content (AvgIpc) is 2.73. The maximum absolute atomic E-state index is 14.7. The van der Waals surface area contributed by atoms with Crippen LogP contribution >= 0.6 is 0 Å². The lowest BCUT2D eigenvalue weighted by Gasteiger charge is -2.12. The molecule has 0 unspecified atom stereocenters. The summed E-state index contributed by atoms with van der Waals surface area (Å²) in [6, 6.07) is 13.8. The molecule has 0 radical (unpaired) electrons. The molecule has 3 aromatic rings. The Balaban J connectivity index is 1.70. The molecule has 0 bridgehead atoms. The van der Waals surface area contributed by atoms with Crippen molar-refractivity contribution in [2.24, 2.45) is 0 Å². The first-order valence-corrected chi connectivity index (χ1v) is 8.40. The largest absolute Gasteiger partial charge is 0.486 e. The standard InChI is InChI=1S/C22H13F3N2O2/c1-27-17-6-8-21(19(24)10-17)29-13-16-4-2-3-15(22(16)25)12-28-20-7-5-14(11-26)9-18(20)23/h2-10H,12-13H2. The Labute approximate surface area is 165 Å². The summed E-state index contributed by atoms with van der Waals surface area (Å²) in [5, 5.41) is 8.75. The molecule has 3 rings (SSSR count). The van der Waals surface area contributed by atoms with Crippen LogP contribution in [0.4, 0.5) is 18.9 Å². The Morgan fingerprint density at radius 1 is 0.862 bits per heavy atom. The molecule has 0 amide bonds. The van der Waals surface area contributed by atoms with Crippen LogP contribution in [0.2, 0.25) is 0 Å².